The van der Waals surface area contributed by atoms with Crippen molar-refractivity contribution in [2.75, 3.05) is 14.2 Å². The number of ether oxygens (including phenoxy) is 2. The van der Waals surface area contributed by atoms with Crippen LogP contribution in [0.15, 0.2) is 48.5 Å². The van der Waals surface area contributed by atoms with Gasteiger partial charge in [-0.3, -0.25) is 0 Å². The topological polar surface area (TPSA) is 52.6 Å². The zero-order valence-corrected chi connectivity index (χ0v) is 12.4. The van der Waals surface area contributed by atoms with E-state index in [9.17, 15) is 9.59 Å². The highest BCUT2D eigenvalue weighted by Crippen LogP contribution is 2.12. The average Bonchev–Trinajstić information content (AvgIpc) is 2.59. The van der Waals surface area contributed by atoms with Crippen molar-refractivity contribution in [1.29, 1.82) is 0 Å². The van der Waals surface area contributed by atoms with Crippen molar-refractivity contribution in [3.05, 3.63) is 70.8 Å². The van der Waals surface area contributed by atoms with Crippen LogP contribution in [0, 0.1) is 0 Å². The Bertz CT molecular complexity index is 621. The van der Waals surface area contributed by atoms with Crippen molar-refractivity contribution in [1.82, 2.24) is 0 Å². The van der Waals surface area contributed by atoms with Crippen molar-refractivity contribution in [2.24, 2.45) is 0 Å². The van der Waals surface area contributed by atoms with Gasteiger partial charge in [-0.1, -0.05) is 36.4 Å². The summed E-state index contributed by atoms with van der Waals surface area (Å²) in [6, 6.07) is 14.2. The van der Waals surface area contributed by atoms with Crippen LogP contribution in [-0.2, 0) is 9.47 Å². The summed E-state index contributed by atoms with van der Waals surface area (Å²) in [5.41, 5.74) is 2.96. The van der Waals surface area contributed by atoms with Crippen LogP contribution in [0.2, 0.25) is 0 Å². The molecule has 0 unspecified atom stereocenters. The number of carbonyl (C=O) groups excluding carboxylic acids is 2. The van der Waals surface area contributed by atoms with Gasteiger partial charge in [0.2, 0.25) is 0 Å². The predicted octanol–water partition coefficient (Wildman–Crippen LogP) is 3.43. The van der Waals surface area contributed by atoms with E-state index in [-0.39, 0.29) is 11.9 Å². The van der Waals surface area contributed by atoms with Crippen LogP contribution in [0.3, 0.4) is 0 Å². The lowest BCUT2D eigenvalue weighted by molar-refractivity contribution is 0.0592. The molecule has 0 fully saturated rings. The van der Waals surface area contributed by atoms with E-state index < -0.39 is 0 Å². The second-order valence-corrected chi connectivity index (χ2v) is 4.56. The van der Waals surface area contributed by atoms with E-state index in [1.54, 1.807) is 24.3 Å². The number of esters is 2. The van der Waals surface area contributed by atoms with Gasteiger partial charge in [-0.2, -0.15) is 0 Å². The molecule has 0 atom stereocenters. The first-order valence-corrected chi connectivity index (χ1v) is 6.69. The summed E-state index contributed by atoms with van der Waals surface area (Å²) in [4.78, 5) is 22.7. The average molecular weight is 296 g/mol. The SMILES string of the molecule is COC(=O)c1ccc(/C=C\c2ccc(C(=O)OC)cc2)cc1. The Kier molecular flexibility index (Phi) is 5.09. The van der Waals surface area contributed by atoms with Gasteiger partial charge in [-0.25, -0.2) is 9.59 Å². The fourth-order valence-corrected chi connectivity index (χ4v) is 1.89. The Balaban J connectivity index is 2.08. The van der Waals surface area contributed by atoms with Gasteiger partial charge >= 0.3 is 11.9 Å². The molecule has 2 aromatic rings. The maximum Gasteiger partial charge on any atom is 0.337 e. The standard InChI is InChI=1S/C18H16O4/c1-21-17(19)15-9-5-13(6-10-15)3-4-14-7-11-16(12-8-14)18(20)22-2/h3-12H,1-2H3/b4-3-. The first-order valence-electron chi connectivity index (χ1n) is 6.69. The van der Waals surface area contributed by atoms with Gasteiger partial charge in [-0.05, 0) is 35.4 Å². The minimum absolute atomic E-state index is 0.353. The van der Waals surface area contributed by atoms with Gasteiger partial charge in [0.15, 0.2) is 0 Å². The normalized spacial score (nSPS) is 10.5. The van der Waals surface area contributed by atoms with Crippen LogP contribution in [0.4, 0.5) is 0 Å². The van der Waals surface area contributed by atoms with E-state index in [2.05, 4.69) is 9.47 Å². The molecule has 0 spiro atoms. The van der Waals surface area contributed by atoms with Crippen LogP contribution in [0.25, 0.3) is 12.2 Å². The number of benzene rings is 2. The predicted molar refractivity (Wildman–Crippen MR) is 84.5 cm³/mol. The second kappa shape index (κ2) is 7.22. The minimum Gasteiger partial charge on any atom is -0.465 e. The van der Waals surface area contributed by atoms with Crippen molar-refractivity contribution >= 4 is 24.1 Å². The zero-order valence-electron chi connectivity index (χ0n) is 12.4. The zero-order chi connectivity index (χ0) is 15.9. The minimum atomic E-state index is -0.353. The summed E-state index contributed by atoms with van der Waals surface area (Å²) in [5.74, 6) is -0.706. The molecule has 0 aliphatic rings. The van der Waals surface area contributed by atoms with Crippen LogP contribution < -0.4 is 0 Å². The Morgan fingerprint density at radius 2 is 1.00 bits per heavy atom. The van der Waals surface area contributed by atoms with Crippen LogP contribution >= 0.6 is 0 Å². The molecule has 0 aliphatic carbocycles. The van der Waals surface area contributed by atoms with Crippen LogP contribution in [0.5, 0.6) is 0 Å². The highest BCUT2D eigenvalue weighted by molar-refractivity contribution is 5.90. The monoisotopic (exact) mass is 296 g/mol. The lowest BCUT2D eigenvalue weighted by Crippen LogP contribution is -2.00. The van der Waals surface area contributed by atoms with Gasteiger partial charge in [0.25, 0.3) is 0 Å². The lowest BCUT2D eigenvalue weighted by atomic mass is 10.1. The lowest BCUT2D eigenvalue weighted by Gasteiger charge is -2.00. The first kappa shape index (κ1) is 15.5. The number of rotatable bonds is 4. The maximum absolute atomic E-state index is 11.3. The number of carbonyl (C=O) groups is 2. The Morgan fingerprint density at radius 3 is 1.27 bits per heavy atom. The second-order valence-electron chi connectivity index (χ2n) is 4.56. The summed E-state index contributed by atoms with van der Waals surface area (Å²) in [6.07, 6.45) is 3.85. The third-order valence-corrected chi connectivity index (χ3v) is 3.13. The molecule has 0 N–H and O–H groups in total. The van der Waals surface area contributed by atoms with E-state index in [0.29, 0.717) is 11.1 Å². The van der Waals surface area contributed by atoms with Crippen molar-refractivity contribution in [2.45, 2.75) is 0 Å². The molecule has 0 radical (unpaired) electrons. The van der Waals surface area contributed by atoms with Gasteiger partial charge < -0.3 is 9.47 Å². The van der Waals surface area contributed by atoms with E-state index in [0.717, 1.165) is 11.1 Å². The highest BCUT2D eigenvalue weighted by atomic mass is 16.5. The van der Waals surface area contributed by atoms with Gasteiger partial charge in [-0.15, -0.1) is 0 Å². The summed E-state index contributed by atoms with van der Waals surface area (Å²) < 4.78 is 9.30. The molecule has 0 aliphatic heterocycles. The van der Waals surface area contributed by atoms with Gasteiger partial charge in [0.1, 0.15) is 0 Å². The Hall–Kier alpha value is -2.88. The molecule has 0 saturated heterocycles. The smallest absolute Gasteiger partial charge is 0.337 e. The molecule has 0 bridgehead atoms. The summed E-state index contributed by atoms with van der Waals surface area (Å²) in [6.45, 7) is 0. The molecular formula is C18H16O4. The molecule has 4 nitrogen and oxygen atoms in total. The van der Waals surface area contributed by atoms with Crippen molar-refractivity contribution in [3.8, 4) is 0 Å². The van der Waals surface area contributed by atoms with Gasteiger partial charge in [0.05, 0.1) is 25.3 Å². The third kappa shape index (κ3) is 3.82. The number of hydrogen-bond donors (Lipinski definition) is 0. The molecule has 0 amide bonds. The van der Waals surface area contributed by atoms with Crippen LogP contribution in [-0.4, -0.2) is 26.2 Å². The Morgan fingerprint density at radius 1 is 0.682 bits per heavy atom. The number of methoxy groups -OCH3 is 2. The summed E-state index contributed by atoms with van der Waals surface area (Å²) in [7, 11) is 2.71. The molecule has 0 heterocycles. The summed E-state index contributed by atoms with van der Waals surface area (Å²) in [5, 5.41) is 0. The Labute approximate surface area is 129 Å². The maximum atomic E-state index is 11.3. The summed E-state index contributed by atoms with van der Waals surface area (Å²) >= 11 is 0. The van der Waals surface area contributed by atoms with E-state index in [4.69, 9.17) is 0 Å². The molecule has 22 heavy (non-hydrogen) atoms. The fourth-order valence-electron chi connectivity index (χ4n) is 1.89. The quantitative estimate of drug-likeness (QED) is 0.640. The molecular weight excluding hydrogens is 280 g/mol. The molecule has 4 heteroatoms. The van der Waals surface area contributed by atoms with Crippen molar-refractivity contribution in [3.63, 3.8) is 0 Å². The van der Waals surface area contributed by atoms with E-state index >= 15 is 0 Å². The highest BCUT2D eigenvalue weighted by Gasteiger charge is 2.04. The molecule has 2 rings (SSSR count). The van der Waals surface area contributed by atoms with Gasteiger partial charge in [0, 0.05) is 0 Å². The number of hydrogen-bond acceptors (Lipinski definition) is 4. The van der Waals surface area contributed by atoms with E-state index in [1.807, 2.05) is 36.4 Å². The molecule has 2 aromatic carbocycles. The van der Waals surface area contributed by atoms with Crippen LogP contribution in [0.1, 0.15) is 31.8 Å². The molecule has 112 valence electrons. The molecule has 0 aromatic heterocycles. The first-order chi connectivity index (χ1) is 10.6. The third-order valence-electron chi connectivity index (χ3n) is 3.13. The largest absolute Gasteiger partial charge is 0.465 e. The van der Waals surface area contributed by atoms with E-state index in [1.165, 1.54) is 14.2 Å². The molecule has 0 saturated carbocycles. The fraction of sp³-hybridized carbons (Fsp3) is 0.111. The van der Waals surface area contributed by atoms with Crippen molar-refractivity contribution < 1.29 is 19.1 Å².